The second-order valence-electron chi connectivity index (χ2n) is 6.83. The number of pyridine rings is 2. The van der Waals surface area contributed by atoms with Crippen molar-refractivity contribution in [3.63, 3.8) is 0 Å². The van der Waals surface area contributed by atoms with Crippen LogP contribution in [0.5, 0.6) is 0 Å². The topological polar surface area (TPSA) is 81.0 Å². The average molecular weight is 427 g/mol. The molecular weight excluding hydrogens is 407 g/mol. The minimum atomic E-state index is -4.71. The van der Waals surface area contributed by atoms with Crippen molar-refractivity contribution in [1.82, 2.24) is 19.5 Å². The highest BCUT2D eigenvalue weighted by Gasteiger charge is 2.34. The first kappa shape index (κ1) is 21.0. The molecule has 0 spiro atoms. The molecule has 7 nitrogen and oxygen atoms in total. The smallest absolute Gasteiger partial charge is 0.362 e. The van der Waals surface area contributed by atoms with Crippen LogP contribution in [0.2, 0.25) is 0 Å². The van der Waals surface area contributed by atoms with Gasteiger partial charge in [-0.25, -0.2) is 18.4 Å². The number of hydrogen-bond donors (Lipinski definition) is 0. The van der Waals surface area contributed by atoms with E-state index in [0.717, 1.165) is 5.56 Å². The zero-order chi connectivity index (χ0) is 21.7. The van der Waals surface area contributed by atoms with Crippen LogP contribution in [-0.2, 0) is 23.1 Å². The SMILES string of the molecule is CCS(=O)(=O)c1cc(C(F)(F)F)cnc1-c1nc2cc(C)c(N(C)C)nc2n1C. The van der Waals surface area contributed by atoms with E-state index in [0.29, 0.717) is 29.2 Å². The minimum absolute atomic E-state index is 0.128. The molecule has 0 radical (unpaired) electrons. The second-order valence-corrected chi connectivity index (χ2v) is 9.08. The number of aryl methyl sites for hydroxylation is 2. The van der Waals surface area contributed by atoms with Crippen LogP contribution in [0.15, 0.2) is 23.2 Å². The largest absolute Gasteiger partial charge is 0.417 e. The van der Waals surface area contributed by atoms with Crippen molar-refractivity contribution in [2.45, 2.75) is 24.9 Å². The first-order valence-electron chi connectivity index (χ1n) is 8.68. The predicted molar refractivity (Wildman–Crippen MR) is 104 cm³/mol. The zero-order valence-electron chi connectivity index (χ0n) is 16.5. The number of alkyl halides is 3. The summed E-state index contributed by atoms with van der Waals surface area (Å²) in [7, 11) is 1.30. The summed E-state index contributed by atoms with van der Waals surface area (Å²) in [6.45, 7) is 3.22. The summed E-state index contributed by atoms with van der Waals surface area (Å²) in [6.07, 6.45) is -4.09. The van der Waals surface area contributed by atoms with Gasteiger partial charge in [0.25, 0.3) is 0 Å². The first-order valence-corrected chi connectivity index (χ1v) is 10.3. The summed E-state index contributed by atoms with van der Waals surface area (Å²) in [5.41, 5.74) is 0.553. The van der Waals surface area contributed by atoms with Crippen molar-refractivity contribution in [2.75, 3.05) is 24.7 Å². The number of halogens is 3. The molecule has 3 heterocycles. The number of anilines is 1. The van der Waals surface area contributed by atoms with Gasteiger partial charge in [-0.05, 0) is 24.6 Å². The van der Waals surface area contributed by atoms with Crippen molar-refractivity contribution in [2.24, 2.45) is 7.05 Å². The summed E-state index contributed by atoms with van der Waals surface area (Å²) >= 11 is 0. The molecule has 3 aromatic heterocycles. The Hall–Kier alpha value is -2.69. The highest BCUT2D eigenvalue weighted by Crippen LogP contribution is 2.35. The zero-order valence-corrected chi connectivity index (χ0v) is 17.4. The molecule has 0 saturated carbocycles. The average Bonchev–Trinajstić information content (AvgIpc) is 2.95. The van der Waals surface area contributed by atoms with Crippen LogP contribution in [0.1, 0.15) is 18.1 Å². The lowest BCUT2D eigenvalue weighted by Crippen LogP contribution is -2.13. The summed E-state index contributed by atoms with van der Waals surface area (Å²) in [4.78, 5) is 14.1. The van der Waals surface area contributed by atoms with E-state index < -0.39 is 26.5 Å². The molecular formula is C18H20F3N5O2S. The van der Waals surface area contributed by atoms with Gasteiger partial charge in [-0.15, -0.1) is 0 Å². The number of imidazole rings is 1. The van der Waals surface area contributed by atoms with Gasteiger partial charge < -0.3 is 9.47 Å². The molecule has 11 heteroatoms. The van der Waals surface area contributed by atoms with E-state index in [-0.39, 0.29) is 17.3 Å². The summed E-state index contributed by atoms with van der Waals surface area (Å²) in [5.74, 6) is 0.465. The van der Waals surface area contributed by atoms with E-state index in [4.69, 9.17) is 0 Å². The number of hydrogen-bond acceptors (Lipinski definition) is 6. The van der Waals surface area contributed by atoms with Gasteiger partial charge in [0.1, 0.15) is 17.0 Å². The van der Waals surface area contributed by atoms with Gasteiger partial charge in [-0.3, -0.25) is 4.98 Å². The van der Waals surface area contributed by atoms with E-state index in [2.05, 4.69) is 15.0 Å². The molecule has 0 fully saturated rings. The molecule has 3 rings (SSSR count). The molecule has 0 atom stereocenters. The van der Waals surface area contributed by atoms with Crippen LogP contribution in [0.25, 0.3) is 22.7 Å². The van der Waals surface area contributed by atoms with Crippen molar-refractivity contribution < 1.29 is 21.6 Å². The maximum Gasteiger partial charge on any atom is 0.417 e. The molecule has 3 aromatic rings. The second kappa shape index (κ2) is 6.97. The Morgan fingerprint density at radius 1 is 1.17 bits per heavy atom. The van der Waals surface area contributed by atoms with E-state index in [1.165, 1.54) is 11.5 Å². The molecule has 0 saturated heterocycles. The fraction of sp³-hybridized carbons (Fsp3) is 0.389. The Labute approximate surface area is 166 Å². The standard InChI is InChI=1S/C18H20F3N5O2S/c1-6-29(27,28)13-8-11(18(19,20)21)9-22-14(13)17-23-12-7-10(2)15(25(3)4)24-16(12)26(17)5/h7-9H,6H2,1-5H3. The van der Waals surface area contributed by atoms with Gasteiger partial charge in [0.2, 0.25) is 0 Å². The van der Waals surface area contributed by atoms with Gasteiger partial charge in [0, 0.05) is 27.3 Å². The van der Waals surface area contributed by atoms with Crippen molar-refractivity contribution in [1.29, 1.82) is 0 Å². The van der Waals surface area contributed by atoms with Crippen molar-refractivity contribution in [3.05, 3.63) is 29.5 Å². The number of fused-ring (bicyclic) bond motifs is 1. The molecule has 0 aliphatic heterocycles. The number of rotatable bonds is 4. The summed E-state index contributed by atoms with van der Waals surface area (Å²) in [6, 6.07) is 2.41. The van der Waals surface area contributed by atoms with Gasteiger partial charge in [-0.2, -0.15) is 13.2 Å². The minimum Gasteiger partial charge on any atom is -0.362 e. The number of aromatic nitrogens is 4. The van der Waals surface area contributed by atoms with E-state index in [1.54, 1.807) is 13.1 Å². The van der Waals surface area contributed by atoms with Gasteiger partial charge in [0.15, 0.2) is 21.3 Å². The number of nitrogens with zero attached hydrogens (tertiary/aromatic N) is 5. The van der Waals surface area contributed by atoms with Gasteiger partial charge in [-0.1, -0.05) is 6.92 Å². The molecule has 0 aromatic carbocycles. The molecule has 0 amide bonds. The quantitative estimate of drug-likeness (QED) is 0.636. The predicted octanol–water partition coefficient (Wildman–Crippen LogP) is 3.22. The van der Waals surface area contributed by atoms with Gasteiger partial charge >= 0.3 is 6.18 Å². The lowest BCUT2D eigenvalue weighted by Gasteiger charge is -2.14. The highest BCUT2D eigenvalue weighted by atomic mass is 32.2. The fourth-order valence-electron chi connectivity index (χ4n) is 3.02. The molecule has 0 aliphatic rings. The molecule has 0 unspecified atom stereocenters. The summed E-state index contributed by atoms with van der Waals surface area (Å²) in [5, 5.41) is 0. The Balaban J connectivity index is 2.33. The Kier molecular flexibility index (Phi) is 5.06. The third kappa shape index (κ3) is 3.66. The van der Waals surface area contributed by atoms with Crippen LogP contribution in [0.3, 0.4) is 0 Å². The molecule has 0 bridgehead atoms. The fourth-order valence-corrected chi connectivity index (χ4v) is 4.08. The Bertz CT molecular complexity index is 1200. The Morgan fingerprint density at radius 2 is 1.83 bits per heavy atom. The lowest BCUT2D eigenvalue weighted by molar-refractivity contribution is -0.138. The van der Waals surface area contributed by atoms with E-state index >= 15 is 0 Å². The highest BCUT2D eigenvalue weighted by molar-refractivity contribution is 7.91. The van der Waals surface area contributed by atoms with Crippen LogP contribution < -0.4 is 4.90 Å². The normalized spacial score (nSPS) is 12.6. The molecule has 156 valence electrons. The molecule has 0 aliphatic carbocycles. The van der Waals surface area contributed by atoms with E-state index in [1.807, 2.05) is 25.9 Å². The van der Waals surface area contributed by atoms with Crippen LogP contribution in [0, 0.1) is 6.92 Å². The van der Waals surface area contributed by atoms with Crippen molar-refractivity contribution in [3.8, 4) is 11.5 Å². The first-order chi connectivity index (χ1) is 13.4. The Morgan fingerprint density at radius 3 is 2.38 bits per heavy atom. The monoisotopic (exact) mass is 427 g/mol. The van der Waals surface area contributed by atoms with Crippen LogP contribution in [0.4, 0.5) is 19.0 Å². The number of sulfone groups is 1. The van der Waals surface area contributed by atoms with Crippen molar-refractivity contribution >= 4 is 26.8 Å². The van der Waals surface area contributed by atoms with E-state index in [9.17, 15) is 21.6 Å². The maximum absolute atomic E-state index is 13.1. The van der Waals surface area contributed by atoms with Crippen LogP contribution >= 0.6 is 0 Å². The third-order valence-corrected chi connectivity index (χ3v) is 6.28. The molecule has 0 N–H and O–H groups in total. The third-order valence-electron chi connectivity index (χ3n) is 4.54. The van der Waals surface area contributed by atoms with Gasteiger partial charge in [0.05, 0.1) is 16.2 Å². The maximum atomic E-state index is 13.1. The lowest BCUT2D eigenvalue weighted by atomic mass is 10.2. The van der Waals surface area contributed by atoms with Crippen LogP contribution in [-0.4, -0.2) is 47.8 Å². The summed E-state index contributed by atoms with van der Waals surface area (Å²) < 4.78 is 66.0. The molecule has 29 heavy (non-hydrogen) atoms.